The molecule has 1 atom stereocenters. The summed E-state index contributed by atoms with van der Waals surface area (Å²) >= 11 is 0. The van der Waals surface area contributed by atoms with Gasteiger partial charge in [-0.2, -0.15) is 18.2 Å². The monoisotopic (exact) mass is 446 g/mol. The maximum Gasteiger partial charge on any atom is 0.417 e. The number of aliphatic imine (C=N–C) groups is 2. The van der Waals surface area contributed by atoms with E-state index in [4.69, 9.17) is 20.4 Å². The number of fused-ring (bicyclic) bond motifs is 1. The minimum atomic E-state index is -4.47. The SMILES string of the molecule is NC1=NCC(c2nc(N3CCOCC3)nc3c2CCN3c2cncc(C(F)(F)F)c2)C=N1. The number of hydrogen-bond acceptors (Lipinski definition) is 9. The Morgan fingerprint density at radius 1 is 1.09 bits per heavy atom. The molecular weight excluding hydrogens is 425 g/mol. The molecular formula is C20H21F3N8O. The summed E-state index contributed by atoms with van der Waals surface area (Å²) in [6.45, 7) is 3.26. The van der Waals surface area contributed by atoms with Gasteiger partial charge in [0.2, 0.25) is 11.9 Å². The van der Waals surface area contributed by atoms with Crippen molar-refractivity contribution in [2.45, 2.75) is 18.5 Å². The predicted molar refractivity (Wildman–Crippen MR) is 113 cm³/mol. The van der Waals surface area contributed by atoms with Crippen LogP contribution in [0.4, 0.5) is 30.6 Å². The van der Waals surface area contributed by atoms with E-state index in [0.29, 0.717) is 63.3 Å². The fourth-order valence-electron chi connectivity index (χ4n) is 4.07. The van der Waals surface area contributed by atoms with E-state index in [1.807, 2.05) is 4.90 Å². The van der Waals surface area contributed by atoms with E-state index >= 15 is 0 Å². The van der Waals surface area contributed by atoms with Gasteiger partial charge in [-0.15, -0.1) is 0 Å². The quantitative estimate of drug-likeness (QED) is 0.768. The van der Waals surface area contributed by atoms with Crippen molar-refractivity contribution in [2.75, 3.05) is 49.2 Å². The van der Waals surface area contributed by atoms with Crippen LogP contribution < -0.4 is 15.5 Å². The number of alkyl halides is 3. The minimum Gasteiger partial charge on any atom is -0.378 e. The molecule has 0 amide bonds. The highest BCUT2D eigenvalue weighted by Gasteiger charge is 2.34. The Hall–Kier alpha value is -3.28. The Kier molecular flexibility index (Phi) is 5.16. The Bertz CT molecular complexity index is 1080. The van der Waals surface area contributed by atoms with Crippen LogP contribution in [-0.2, 0) is 17.3 Å². The zero-order valence-electron chi connectivity index (χ0n) is 17.1. The minimum absolute atomic E-state index is 0.182. The molecule has 0 aromatic carbocycles. The summed E-state index contributed by atoms with van der Waals surface area (Å²) in [7, 11) is 0. The maximum atomic E-state index is 13.3. The number of halogens is 3. The summed E-state index contributed by atoms with van der Waals surface area (Å²) in [6, 6.07) is 1.10. The lowest BCUT2D eigenvalue weighted by Crippen LogP contribution is -2.38. The van der Waals surface area contributed by atoms with E-state index in [1.165, 1.54) is 6.20 Å². The summed E-state index contributed by atoms with van der Waals surface area (Å²) in [5.74, 6) is 1.15. The topological polar surface area (TPSA) is 105 Å². The Labute approximate surface area is 181 Å². The van der Waals surface area contributed by atoms with Crippen molar-refractivity contribution in [2.24, 2.45) is 15.7 Å². The smallest absolute Gasteiger partial charge is 0.378 e. The van der Waals surface area contributed by atoms with Gasteiger partial charge in [-0.05, 0) is 12.5 Å². The average Bonchev–Trinajstić information content (AvgIpc) is 3.23. The van der Waals surface area contributed by atoms with Gasteiger partial charge in [0.25, 0.3) is 0 Å². The largest absolute Gasteiger partial charge is 0.417 e. The Morgan fingerprint density at radius 2 is 1.91 bits per heavy atom. The summed E-state index contributed by atoms with van der Waals surface area (Å²) in [4.78, 5) is 25.6. The van der Waals surface area contributed by atoms with Gasteiger partial charge < -0.3 is 20.3 Å². The molecule has 5 heterocycles. The number of nitrogens with two attached hydrogens (primary N) is 1. The van der Waals surface area contributed by atoms with Gasteiger partial charge in [0.1, 0.15) is 5.82 Å². The van der Waals surface area contributed by atoms with Gasteiger partial charge >= 0.3 is 6.18 Å². The standard InChI is InChI=1S/C20H21F3N8O/c21-20(22,23)13-7-14(11-25-10-13)31-2-1-15-16(12-8-26-18(24)27-9-12)28-19(29-17(15)31)30-3-5-32-6-4-30/h7-8,10-12H,1-6,9H2,(H2,24,27). The van der Waals surface area contributed by atoms with Gasteiger partial charge in [-0.1, -0.05) is 0 Å². The first-order valence-electron chi connectivity index (χ1n) is 10.3. The van der Waals surface area contributed by atoms with Gasteiger partial charge in [0.15, 0.2) is 0 Å². The van der Waals surface area contributed by atoms with Crippen LogP contribution in [0.3, 0.4) is 0 Å². The number of guanidine groups is 1. The van der Waals surface area contributed by atoms with Crippen molar-refractivity contribution in [3.05, 3.63) is 35.3 Å². The van der Waals surface area contributed by atoms with Crippen LogP contribution in [0.1, 0.15) is 22.7 Å². The first-order valence-corrected chi connectivity index (χ1v) is 10.3. The van der Waals surface area contributed by atoms with Crippen LogP contribution in [0.5, 0.6) is 0 Å². The molecule has 2 aromatic rings. The van der Waals surface area contributed by atoms with Gasteiger partial charge in [0.05, 0.1) is 48.8 Å². The molecule has 0 saturated carbocycles. The van der Waals surface area contributed by atoms with Crippen LogP contribution in [0, 0.1) is 0 Å². The predicted octanol–water partition coefficient (Wildman–Crippen LogP) is 1.90. The zero-order valence-corrected chi connectivity index (χ0v) is 17.1. The second kappa shape index (κ2) is 8.01. The van der Waals surface area contributed by atoms with Crippen LogP contribution in [0.15, 0.2) is 28.4 Å². The van der Waals surface area contributed by atoms with Crippen molar-refractivity contribution in [1.29, 1.82) is 0 Å². The van der Waals surface area contributed by atoms with E-state index in [9.17, 15) is 13.2 Å². The summed E-state index contributed by atoms with van der Waals surface area (Å²) in [5, 5.41) is 0. The molecule has 3 aliphatic heterocycles. The molecule has 168 valence electrons. The van der Waals surface area contributed by atoms with Crippen molar-refractivity contribution < 1.29 is 17.9 Å². The van der Waals surface area contributed by atoms with Gasteiger partial charge in [0, 0.05) is 37.6 Å². The van der Waals surface area contributed by atoms with Crippen LogP contribution in [0.25, 0.3) is 0 Å². The summed E-state index contributed by atoms with van der Waals surface area (Å²) < 4.78 is 45.2. The molecule has 1 saturated heterocycles. The van der Waals surface area contributed by atoms with E-state index in [2.05, 4.69) is 15.0 Å². The van der Waals surface area contributed by atoms with Crippen LogP contribution in [0.2, 0.25) is 0 Å². The van der Waals surface area contributed by atoms with Crippen molar-refractivity contribution in [3.8, 4) is 0 Å². The van der Waals surface area contributed by atoms with E-state index in [0.717, 1.165) is 23.5 Å². The molecule has 1 unspecified atom stereocenters. The molecule has 0 radical (unpaired) electrons. The second-order valence-electron chi connectivity index (χ2n) is 7.73. The highest BCUT2D eigenvalue weighted by molar-refractivity contribution is 5.90. The van der Waals surface area contributed by atoms with E-state index in [-0.39, 0.29) is 11.9 Å². The molecule has 0 bridgehead atoms. The molecule has 32 heavy (non-hydrogen) atoms. The number of ether oxygens (including phenoxy) is 1. The normalized spacial score (nSPS) is 21.0. The van der Waals surface area contributed by atoms with Crippen molar-refractivity contribution in [3.63, 3.8) is 0 Å². The molecule has 0 aliphatic carbocycles. The molecule has 2 N–H and O–H groups in total. The van der Waals surface area contributed by atoms with Gasteiger partial charge in [-0.25, -0.2) is 9.98 Å². The van der Waals surface area contributed by atoms with Crippen molar-refractivity contribution in [1.82, 2.24) is 15.0 Å². The number of hydrogen-bond donors (Lipinski definition) is 1. The highest BCUT2D eigenvalue weighted by atomic mass is 19.4. The number of nitrogens with zero attached hydrogens (tertiary/aromatic N) is 7. The fourth-order valence-corrected chi connectivity index (χ4v) is 4.07. The third kappa shape index (κ3) is 3.85. The zero-order chi connectivity index (χ0) is 22.3. The van der Waals surface area contributed by atoms with Crippen LogP contribution >= 0.6 is 0 Å². The lowest BCUT2D eigenvalue weighted by atomic mass is 10.00. The third-order valence-corrected chi connectivity index (χ3v) is 5.69. The lowest BCUT2D eigenvalue weighted by Gasteiger charge is -2.29. The molecule has 5 rings (SSSR count). The lowest BCUT2D eigenvalue weighted by molar-refractivity contribution is -0.137. The first-order chi connectivity index (χ1) is 15.4. The van der Waals surface area contributed by atoms with Crippen molar-refractivity contribution >= 4 is 29.6 Å². The third-order valence-electron chi connectivity index (χ3n) is 5.69. The number of anilines is 3. The van der Waals surface area contributed by atoms with E-state index in [1.54, 1.807) is 11.1 Å². The highest BCUT2D eigenvalue weighted by Crippen LogP contribution is 2.39. The van der Waals surface area contributed by atoms with E-state index < -0.39 is 11.7 Å². The summed E-state index contributed by atoms with van der Waals surface area (Å²) in [5.41, 5.74) is 6.88. The van der Waals surface area contributed by atoms with Gasteiger partial charge in [-0.3, -0.25) is 9.98 Å². The summed E-state index contributed by atoms with van der Waals surface area (Å²) in [6.07, 6.45) is 0.0910. The fraction of sp³-hybridized carbons (Fsp3) is 0.450. The van der Waals surface area contributed by atoms with Crippen LogP contribution in [-0.4, -0.2) is 66.5 Å². The molecule has 0 spiro atoms. The number of morpholine rings is 1. The number of pyridine rings is 1. The Morgan fingerprint density at radius 3 is 2.62 bits per heavy atom. The number of rotatable bonds is 3. The Balaban J connectivity index is 1.58. The molecule has 3 aliphatic rings. The molecule has 9 nitrogen and oxygen atoms in total. The molecule has 12 heteroatoms. The average molecular weight is 446 g/mol. The second-order valence-corrected chi connectivity index (χ2v) is 7.73. The first kappa shape index (κ1) is 20.6. The molecule has 2 aromatic heterocycles. The maximum absolute atomic E-state index is 13.3. The molecule has 1 fully saturated rings. The number of aromatic nitrogens is 3.